The first-order valence-corrected chi connectivity index (χ1v) is 8.59. The van der Waals surface area contributed by atoms with Crippen molar-refractivity contribution < 1.29 is 22.7 Å². The summed E-state index contributed by atoms with van der Waals surface area (Å²) in [5.74, 6) is -1.11. The molecular formula is C16H16N2O5S. The van der Waals surface area contributed by atoms with Gasteiger partial charge in [0.1, 0.15) is 0 Å². The Labute approximate surface area is 139 Å². The van der Waals surface area contributed by atoms with Crippen LogP contribution in [0.25, 0.3) is 0 Å². The van der Waals surface area contributed by atoms with Gasteiger partial charge >= 0.3 is 5.97 Å². The predicted molar refractivity (Wildman–Crippen MR) is 89.0 cm³/mol. The first-order chi connectivity index (χ1) is 11.3. The predicted octanol–water partition coefficient (Wildman–Crippen LogP) is 1.51. The van der Waals surface area contributed by atoms with Crippen molar-refractivity contribution in [3.63, 3.8) is 0 Å². The van der Waals surface area contributed by atoms with Gasteiger partial charge in [0, 0.05) is 11.3 Å². The van der Waals surface area contributed by atoms with E-state index in [2.05, 4.69) is 10.1 Å². The number of nitrogens with two attached hydrogens (primary N) is 1. The van der Waals surface area contributed by atoms with Gasteiger partial charge in [-0.1, -0.05) is 12.1 Å². The number of nitrogens with one attached hydrogen (secondary N) is 1. The van der Waals surface area contributed by atoms with E-state index in [0.29, 0.717) is 22.4 Å². The molecule has 2 aromatic rings. The van der Waals surface area contributed by atoms with Crippen LogP contribution in [-0.2, 0) is 20.5 Å². The Bertz CT molecular complexity index is 843. The summed E-state index contributed by atoms with van der Waals surface area (Å²) in [4.78, 5) is 23.5. The van der Waals surface area contributed by atoms with Crippen LogP contribution >= 0.6 is 0 Å². The lowest BCUT2D eigenvalue weighted by molar-refractivity contribution is 0.0600. The fourth-order valence-corrected chi connectivity index (χ4v) is 2.65. The van der Waals surface area contributed by atoms with Gasteiger partial charge in [0.25, 0.3) is 5.91 Å². The molecule has 0 aliphatic carbocycles. The molecule has 1 amide bonds. The first-order valence-electron chi connectivity index (χ1n) is 6.87. The molecule has 0 radical (unpaired) electrons. The fourth-order valence-electron chi connectivity index (χ4n) is 2.00. The maximum atomic E-state index is 12.1. The zero-order valence-electron chi connectivity index (χ0n) is 12.9. The van der Waals surface area contributed by atoms with E-state index >= 15 is 0 Å². The third kappa shape index (κ3) is 4.90. The molecule has 3 N–H and O–H groups in total. The molecule has 0 heterocycles. The molecule has 0 atom stereocenters. The number of benzene rings is 2. The van der Waals surface area contributed by atoms with Gasteiger partial charge in [-0.15, -0.1) is 0 Å². The summed E-state index contributed by atoms with van der Waals surface area (Å²) in [5, 5.41) is 7.65. The molecule has 2 rings (SSSR count). The Morgan fingerprint density at radius 3 is 2.04 bits per heavy atom. The van der Waals surface area contributed by atoms with E-state index in [4.69, 9.17) is 5.14 Å². The molecule has 0 saturated carbocycles. The largest absolute Gasteiger partial charge is 0.465 e. The van der Waals surface area contributed by atoms with Crippen LogP contribution in [0.15, 0.2) is 48.5 Å². The van der Waals surface area contributed by atoms with E-state index in [1.54, 1.807) is 12.1 Å². The molecule has 2 aromatic carbocycles. The molecule has 0 unspecified atom stereocenters. The smallest absolute Gasteiger partial charge is 0.337 e. The van der Waals surface area contributed by atoms with E-state index in [-0.39, 0.29) is 11.7 Å². The highest BCUT2D eigenvalue weighted by Crippen LogP contribution is 2.13. The zero-order chi connectivity index (χ0) is 17.7. The topological polar surface area (TPSA) is 116 Å². The zero-order valence-corrected chi connectivity index (χ0v) is 13.7. The minimum Gasteiger partial charge on any atom is -0.465 e. The summed E-state index contributed by atoms with van der Waals surface area (Å²) >= 11 is 0. The summed E-state index contributed by atoms with van der Waals surface area (Å²) in [6.45, 7) is 0. The number of carbonyl (C=O) groups is 2. The van der Waals surface area contributed by atoms with Crippen molar-refractivity contribution >= 4 is 27.6 Å². The number of hydrogen-bond donors (Lipinski definition) is 2. The Kier molecular flexibility index (Phi) is 5.32. The van der Waals surface area contributed by atoms with Crippen LogP contribution < -0.4 is 10.5 Å². The monoisotopic (exact) mass is 348 g/mol. The van der Waals surface area contributed by atoms with E-state index in [1.165, 1.54) is 43.5 Å². The molecule has 0 bridgehead atoms. The molecule has 24 heavy (non-hydrogen) atoms. The Morgan fingerprint density at radius 2 is 1.54 bits per heavy atom. The maximum Gasteiger partial charge on any atom is 0.337 e. The molecule has 0 fully saturated rings. The van der Waals surface area contributed by atoms with Crippen LogP contribution in [0.3, 0.4) is 0 Å². The van der Waals surface area contributed by atoms with E-state index < -0.39 is 16.0 Å². The van der Waals surface area contributed by atoms with Crippen molar-refractivity contribution in [1.29, 1.82) is 0 Å². The molecule has 0 aliphatic heterocycles. The van der Waals surface area contributed by atoms with Crippen molar-refractivity contribution in [2.75, 3.05) is 12.4 Å². The second-order valence-electron chi connectivity index (χ2n) is 5.03. The van der Waals surface area contributed by atoms with E-state index in [9.17, 15) is 18.0 Å². The molecule has 7 nitrogen and oxygen atoms in total. The van der Waals surface area contributed by atoms with Gasteiger partial charge in [0.15, 0.2) is 0 Å². The summed E-state index contributed by atoms with van der Waals surface area (Å²) in [7, 11) is -2.32. The Morgan fingerprint density at radius 1 is 1.00 bits per heavy atom. The van der Waals surface area contributed by atoms with E-state index in [1.807, 2.05) is 0 Å². The summed E-state index contributed by atoms with van der Waals surface area (Å²) in [6.07, 6.45) is 0. The van der Waals surface area contributed by atoms with Crippen LogP contribution in [0.1, 0.15) is 26.3 Å². The van der Waals surface area contributed by atoms with Crippen LogP contribution in [-0.4, -0.2) is 27.4 Å². The lowest BCUT2D eigenvalue weighted by Gasteiger charge is -2.07. The van der Waals surface area contributed by atoms with Gasteiger partial charge in [0.2, 0.25) is 10.0 Å². The van der Waals surface area contributed by atoms with Crippen molar-refractivity contribution in [3.05, 3.63) is 65.2 Å². The van der Waals surface area contributed by atoms with Gasteiger partial charge in [0.05, 0.1) is 18.4 Å². The molecule has 0 saturated heterocycles. The summed E-state index contributed by atoms with van der Waals surface area (Å²) in [6, 6.07) is 12.3. The SMILES string of the molecule is COC(=O)c1ccc(NC(=O)c2ccc(CS(N)(=O)=O)cc2)cc1. The number of sulfonamides is 1. The number of hydrogen-bond acceptors (Lipinski definition) is 5. The van der Waals surface area contributed by atoms with Crippen molar-refractivity contribution in [1.82, 2.24) is 0 Å². The van der Waals surface area contributed by atoms with Gasteiger partial charge in [-0.3, -0.25) is 4.79 Å². The quantitative estimate of drug-likeness (QED) is 0.795. The van der Waals surface area contributed by atoms with Gasteiger partial charge < -0.3 is 10.1 Å². The molecular weight excluding hydrogens is 332 g/mol. The standard InChI is InChI=1S/C16H16N2O5S/c1-23-16(20)13-6-8-14(9-7-13)18-15(19)12-4-2-11(3-5-12)10-24(17,21)22/h2-9H,10H2,1H3,(H,18,19)(H2,17,21,22). The third-order valence-corrected chi connectivity index (χ3v) is 3.88. The molecule has 0 aromatic heterocycles. The minimum absolute atomic E-state index is 0.288. The highest BCUT2D eigenvalue weighted by Gasteiger charge is 2.10. The van der Waals surface area contributed by atoms with Crippen LogP contribution in [0.5, 0.6) is 0 Å². The number of rotatable bonds is 5. The maximum absolute atomic E-state index is 12.1. The molecule has 8 heteroatoms. The fraction of sp³-hybridized carbons (Fsp3) is 0.125. The second kappa shape index (κ2) is 7.24. The Hall–Kier alpha value is -2.71. The van der Waals surface area contributed by atoms with Gasteiger partial charge in [-0.2, -0.15) is 0 Å². The number of esters is 1. The van der Waals surface area contributed by atoms with Crippen LogP contribution in [0.4, 0.5) is 5.69 Å². The third-order valence-electron chi connectivity index (χ3n) is 3.15. The first kappa shape index (κ1) is 17.6. The number of amides is 1. The molecule has 0 aliphatic rings. The highest BCUT2D eigenvalue weighted by atomic mass is 32.2. The normalized spacial score (nSPS) is 10.9. The van der Waals surface area contributed by atoms with Gasteiger partial charge in [-0.25, -0.2) is 18.4 Å². The lowest BCUT2D eigenvalue weighted by Crippen LogP contribution is -2.15. The Balaban J connectivity index is 2.05. The summed E-state index contributed by atoms with van der Waals surface area (Å²) in [5.41, 5.74) is 1.76. The highest BCUT2D eigenvalue weighted by molar-refractivity contribution is 7.88. The minimum atomic E-state index is -3.61. The van der Waals surface area contributed by atoms with Crippen molar-refractivity contribution in [3.8, 4) is 0 Å². The van der Waals surface area contributed by atoms with Crippen molar-refractivity contribution in [2.24, 2.45) is 5.14 Å². The van der Waals surface area contributed by atoms with Crippen molar-refractivity contribution in [2.45, 2.75) is 5.75 Å². The van der Waals surface area contributed by atoms with Gasteiger partial charge in [-0.05, 0) is 42.0 Å². The lowest BCUT2D eigenvalue weighted by atomic mass is 10.1. The number of carbonyl (C=O) groups excluding carboxylic acids is 2. The number of ether oxygens (including phenoxy) is 1. The average Bonchev–Trinajstić information content (AvgIpc) is 2.54. The van der Waals surface area contributed by atoms with Crippen LogP contribution in [0.2, 0.25) is 0 Å². The summed E-state index contributed by atoms with van der Waals surface area (Å²) < 4.78 is 26.6. The number of primary sulfonamides is 1. The second-order valence-corrected chi connectivity index (χ2v) is 6.64. The number of anilines is 1. The number of methoxy groups -OCH3 is 1. The molecule has 126 valence electrons. The average molecular weight is 348 g/mol. The molecule has 0 spiro atoms. The van der Waals surface area contributed by atoms with Crippen LogP contribution in [0, 0.1) is 0 Å². The van der Waals surface area contributed by atoms with E-state index in [0.717, 1.165) is 0 Å².